The highest BCUT2D eigenvalue weighted by Crippen LogP contribution is 2.46. The van der Waals surface area contributed by atoms with Gasteiger partial charge in [-0.05, 0) is 67.5 Å². The Labute approximate surface area is 218 Å². The van der Waals surface area contributed by atoms with E-state index in [4.69, 9.17) is 0 Å². The molecule has 2 fully saturated rings. The monoisotopic (exact) mass is 496 g/mol. The number of nitrogens with one attached hydrogen (secondary N) is 1. The van der Waals surface area contributed by atoms with Crippen LogP contribution in [0.15, 0.2) is 30.3 Å². The number of H-pyrrole nitrogens is 1. The number of rotatable bonds is 3. The highest BCUT2D eigenvalue weighted by atomic mass is 16.3. The second-order valence-electron chi connectivity index (χ2n) is 11.6. The van der Waals surface area contributed by atoms with E-state index in [-0.39, 0.29) is 17.3 Å². The summed E-state index contributed by atoms with van der Waals surface area (Å²) in [5.41, 5.74) is 7.16. The minimum atomic E-state index is -0.363. The van der Waals surface area contributed by atoms with Crippen LogP contribution in [0.5, 0.6) is 0 Å². The molecule has 6 heteroatoms. The van der Waals surface area contributed by atoms with Crippen LogP contribution in [-0.2, 0) is 11.8 Å². The summed E-state index contributed by atoms with van der Waals surface area (Å²) in [6.45, 7) is 10.6. The van der Waals surface area contributed by atoms with E-state index < -0.39 is 0 Å². The Kier molecular flexibility index (Phi) is 5.89. The molecule has 2 aliphatic heterocycles. The SMILES string of the molecule is CCc1cc2c(cc1N1CCC(N3CCC(O)CC3)CC1)C(C)(C)c1[nH]c3cc(C#N)ccc3c1C2=O. The Bertz CT molecular complexity index is 1410. The van der Waals surface area contributed by atoms with E-state index in [2.05, 4.69) is 53.8 Å². The summed E-state index contributed by atoms with van der Waals surface area (Å²) >= 11 is 0. The zero-order chi connectivity index (χ0) is 25.9. The molecule has 6 rings (SSSR count). The van der Waals surface area contributed by atoms with Gasteiger partial charge in [0.15, 0.2) is 5.78 Å². The topological polar surface area (TPSA) is 83.4 Å². The van der Waals surface area contributed by atoms with Crippen molar-refractivity contribution in [3.8, 4) is 6.07 Å². The molecule has 2 saturated heterocycles. The molecule has 3 aliphatic rings. The standard InChI is InChI=1S/C31H36N4O2/c1-4-20-16-24-25(17-27(20)35-11-7-21(8-12-35)34-13-9-22(36)10-14-34)31(2,3)30-28(29(24)37)23-6-5-19(18-32)15-26(23)33-30/h5-6,15-17,21-22,33,36H,4,7-14H2,1-3H3. The van der Waals surface area contributed by atoms with Gasteiger partial charge in [-0.3, -0.25) is 4.79 Å². The van der Waals surface area contributed by atoms with E-state index in [9.17, 15) is 15.2 Å². The van der Waals surface area contributed by atoms with Gasteiger partial charge in [0.05, 0.1) is 23.3 Å². The highest BCUT2D eigenvalue weighted by molar-refractivity contribution is 6.20. The van der Waals surface area contributed by atoms with Gasteiger partial charge in [-0.2, -0.15) is 5.26 Å². The lowest BCUT2D eigenvalue weighted by Crippen LogP contribution is -2.48. The molecule has 3 aromatic rings. The van der Waals surface area contributed by atoms with Gasteiger partial charge in [0.1, 0.15) is 0 Å². The third kappa shape index (κ3) is 3.88. The summed E-state index contributed by atoms with van der Waals surface area (Å²) in [4.78, 5) is 22.5. The van der Waals surface area contributed by atoms with Gasteiger partial charge in [0, 0.05) is 65.5 Å². The predicted molar refractivity (Wildman–Crippen MR) is 146 cm³/mol. The molecule has 0 atom stereocenters. The fourth-order valence-electron chi connectivity index (χ4n) is 6.88. The number of carbonyl (C=O) groups excluding carboxylic acids is 1. The van der Waals surface area contributed by atoms with Crippen LogP contribution in [0.4, 0.5) is 5.69 Å². The summed E-state index contributed by atoms with van der Waals surface area (Å²) in [5.74, 6) is 0.0764. The largest absolute Gasteiger partial charge is 0.393 e. The summed E-state index contributed by atoms with van der Waals surface area (Å²) in [5, 5.41) is 20.1. The van der Waals surface area contributed by atoms with Crippen molar-refractivity contribution >= 4 is 22.4 Å². The number of hydrogen-bond donors (Lipinski definition) is 2. The number of carbonyl (C=O) groups is 1. The number of likely N-dealkylation sites (tertiary alicyclic amines) is 1. The average molecular weight is 497 g/mol. The number of hydrogen-bond acceptors (Lipinski definition) is 5. The van der Waals surface area contributed by atoms with E-state index in [0.717, 1.165) is 91.6 Å². The normalized spacial score (nSPS) is 20.6. The number of aliphatic hydroxyl groups excluding tert-OH is 1. The maximum absolute atomic E-state index is 13.9. The van der Waals surface area contributed by atoms with Crippen LogP contribution < -0.4 is 4.90 Å². The van der Waals surface area contributed by atoms with E-state index in [0.29, 0.717) is 11.6 Å². The third-order valence-electron chi connectivity index (χ3n) is 9.12. The summed E-state index contributed by atoms with van der Waals surface area (Å²) in [6, 6.07) is 12.8. The number of benzene rings is 2. The van der Waals surface area contributed by atoms with Crippen molar-refractivity contribution in [2.45, 2.75) is 70.4 Å². The highest BCUT2D eigenvalue weighted by Gasteiger charge is 2.41. The van der Waals surface area contributed by atoms with E-state index in [1.54, 1.807) is 6.07 Å². The average Bonchev–Trinajstić information content (AvgIpc) is 3.32. The van der Waals surface area contributed by atoms with Gasteiger partial charge in [0.25, 0.3) is 0 Å². The lowest BCUT2D eigenvalue weighted by Gasteiger charge is -2.42. The molecular formula is C31H36N4O2. The number of piperidine rings is 2. The number of nitrogens with zero attached hydrogens (tertiary/aromatic N) is 3. The number of aromatic amines is 1. The third-order valence-corrected chi connectivity index (χ3v) is 9.12. The molecule has 0 spiro atoms. The van der Waals surface area contributed by atoms with Gasteiger partial charge in [-0.1, -0.05) is 26.8 Å². The number of aromatic nitrogens is 1. The molecule has 37 heavy (non-hydrogen) atoms. The first kappa shape index (κ1) is 24.2. The summed E-state index contributed by atoms with van der Waals surface area (Å²) in [7, 11) is 0. The quantitative estimate of drug-likeness (QED) is 0.539. The molecule has 0 amide bonds. The first-order valence-electron chi connectivity index (χ1n) is 13.8. The van der Waals surface area contributed by atoms with Gasteiger partial charge in [0.2, 0.25) is 0 Å². The van der Waals surface area contributed by atoms with Gasteiger partial charge >= 0.3 is 0 Å². The van der Waals surface area contributed by atoms with Crippen LogP contribution in [0, 0.1) is 11.3 Å². The molecule has 0 bridgehead atoms. The predicted octanol–water partition coefficient (Wildman–Crippen LogP) is 4.90. The Hall–Kier alpha value is -3.14. The molecular weight excluding hydrogens is 460 g/mol. The lowest BCUT2D eigenvalue weighted by molar-refractivity contribution is 0.0542. The first-order chi connectivity index (χ1) is 17.8. The maximum atomic E-state index is 13.9. The van der Waals surface area contributed by atoms with Crippen LogP contribution in [0.25, 0.3) is 10.9 Å². The molecule has 0 radical (unpaired) electrons. The van der Waals surface area contributed by atoms with Gasteiger partial charge in [-0.25, -0.2) is 0 Å². The fourth-order valence-corrected chi connectivity index (χ4v) is 6.88. The van der Waals surface area contributed by atoms with Crippen LogP contribution in [-0.4, -0.2) is 59.1 Å². The molecule has 2 aromatic carbocycles. The lowest BCUT2D eigenvalue weighted by atomic mass is 9.70. The van der Waals surface area contributed by atoms with E-state index >= 15 is 0 Å². The number of anilines is 1. The maximum Gasteiger partial charge on any atom is 0.195 e. The number of nitriles is 1. The molecule has 0 saturated carbocycles. The fraction of sp³-hybridized carbons (Fsp3) is 0.484. The summed E-state index contributed by atoms with van der Waals surface area (Å²) < 4.78 is 0. The number of aliphatic hydroxyl groups is 1. The van der Waals surface area contributed by atoms with Crippen molar-refractivity contribution in [1.82, 2.24) is 9.88 Å². The van der Waals surface area contributed by atoms with Crippen LogP contribution in [0.2, 0.25) is 0 Å². The second kappa shape index (κ2) is 9.01. The molecule has 6 nitrogen and oxygen atoms in total. The number of ketones is 1. The van der Waals surface area contributed by atoms with Gasteiger partial charge in [-0.15, -0.1) is 0 Å². The van der Waals surface area contributed by atoms with Crippen molar-refractivity contribution in [3.63, 3.8) is 0 Å². The van der Waals surface area contributed by atoms with Crippen molar-refractivity contribution in [1.29, 1.82) is 5.26 Å². The minimum Gasteiger partial charge on any atom is -0.393 e. The van der Waals surface area contributed by atoms with Crippen molar-refractivity contribution in [2.75, 3.05) is 31.1 Å². The zero-order valence-corrected chi connectivity index (χ0v) is 22.1. The van der Waals surface area contributed by atoms with E-state index in [1.807, 2.05) is 12.1 Å². The number of fused-ring (bicyclic) bond motifs is 4. The summed E-state index contributed by atoms with van der Waals surface area (Å²) in [6.07, 6.45) is 4.80. The smallest absolute Gasteiger partial charge is 0.195 e. The van der Waals surface area contributed by atoms with Crippen LogP contribution in [0.1, 0.15) is 84.8 Å². The van der Waals surface area contributed by atoms with Crippen molar-refractivity contribution < 1.29 is 9.90 Å². The Balaban J connectivity index is 1.34. The van der Waals surface area contributed by atoms with Crippen molar-refractivity contribution in [3.05, 3.63) is 63.8 Å². The van der Waals surface area contributed by atoms with Crippen LogP contribution in [0.3, 0.4) is 0 Å². The first-order valence-corrected chi connectivity index (χ1v) is 13.8. The second-order valence-corrected chi connectivity index (χ2v) is 11.6. The Morgan fingerprint density at radius 1 is 1.08 bits per heavy atom. The molecule has 2 N–H and O–H groups in total. The van der Waals surface area contributed by atoms with Crippen molar-refractivity contribution in [2.24, 2.45) is 0 Å². The van der Waals surface area contributed by atoms with E-state index in [1.165, 1.54) is 11.3 Å². The minimum absolute atomic E-state index is 0.0764. The number of aryl methyl sites for hydroxylation is 1. The molecule has 1 aromatic heterocycles. The molecule has 3 heterocycles. The van der Waals surface area contributed by atoms with Gasteiger partial charge < -0.3 is 19.9 Å². The van der Waals surface area contributed by atoms with Crippen LogP contribution >= 0.6 is 0 Å². The molecule has 1 aliphatic carbocycles. The molecule has 0 unspecified atom stereocenters. The zero-order valence-electron chi connectivity index (χ0n) is 22.1. The Morgan fingerprint density at radius 2 is 1.81 bits per heavy atom. The Morgan fingerprint density at radius 3 is 2.49 bits per heavy atom. The molecule has 192 valence electrons.